The van der Waals surface area contributed by atoms with Crippen molar-refractivity contribution in [1.29, 1.82) is 5.26 Å². The molecule has 0 bridgehead atoms. The van der Waals surface area contributed by atoms with Crippen molar-refractivity contribution in [3.63, 3.8) is 0 Å². The smallest absolute Gasteiger partial charge is 0.142 e. The molecule has 1 atom stereocenters. The van der Waals surface area contributed by atoms with Crippen LogP contribution in [0.3, 0.4) is 0 Å². The number of benzene rings is 1. The van der Waals surface area contributed by atoms with E-state index >= 15 is 0 Å². The third-order valence-electron chi connectivity index (χ3n) is 4.72. The van der Waals surface area contributed by atoms with Crippen LogP contribution in [0.4, 0.5) is 5.82 Å². The summed E-state index contributed by atoms with van der Waals surface area (Å²) in [6.45, 7) is 2.20. The fourth-order valence-electron chi connectivity index (χ4n) is 3.63. The molecule has 1 aromatic carbocycles. The van der Waals surface area contributed by atoms with Crippen LogP contribution in [0, 0.1) is 17.2 Å². The Kier molecular flexibility index (Phi) is 4.99. The molecular weight excluding hydrogens is 341 g/mol. The molecule has 0 amide bonds. The molecule has 5 heteroatoms. The summed E-state index contributed by atoms with van der Waals surface area (Å²) in [5, 5.41) is 10.7. The van der Waals surface area contributed by atoms with Crippen LogP contribution in [0.5, 0.6) is 0 Å². The molecule has 2 aromatic rings. The standard InChI is InChI=1S/C19H19Cl2N3/c1-2-4-11-7-8-16-12(9-11)17(13(10-22)19(23)24-16)18-14(20)5-3-6-15(18)21/h3,5-6,11H,2,4,7-9H2,1H3,(H2,23,24). The summed E-state index contributed by atoms with van der Waals surface area (Å²) in [4.78, 5) is 4.49. The zero-order chi connectivity index (χ0) is 17.3. The van der Waals surface area contributed by atoms with Gasteiger partial charge < -0.3 is 5.73 Å². The number of anilines is 1. The number of nitrogens with zero attached hydrogens (tertiary/aromatic N) is 2. The highest BCUT2D eigenvalue weighted by Gasteiger charge is 2.28. The van der Waals surface area contributed by atoms with Crippen molar-refractivity contribution < 1.29 is 0 Å². The van der Waals surface area contributed by atoms with Crippen molar-refractivity contribution >= 4 is 29.0 Å². The highest BCUT2D eigenvalue weighted by molar-refractivity contribution is 6.39. The Morgan fingerprint density at radius 2 is 2.00 bits per heavy atom. The van der Waals surface area contributed by atoms with Crippen molar-refractivity contribution in [3.05, 3.63) is 45.1 Å². The second-order valence-corrected chi connectivity index (χ2v) is 7.09. The molecule has 3 nitrogen and oxygen atoms in total. The first kappa shape index (κ1) is 17.1. The number of nitrogen functional groups attached to an aromatic ring is 1. The van der Waals surface area contributed by atoms with Crippen LogP contribution in [0.1, 0.15) is 43.0 Å². The molecule has 1 aliphatic carbocycles. The van der Waals surface area contributed by atoms with Crippen LogP contribution in [0.25, 0.3) is 11.1 Å². The van der Waals surface area contributed by atoms with Crippen molar-refractivity contribution in [2.75, 3.05) is 5.73 Å². The van der Waals surface area contributed by atoms with Crippen molar-refractivity contribution in [2.45, 2.75) is 39.0 Å². The second-order valence-electron chi connectivity index (χ2n) is 6.28. The van der Waals surface area contributed by atoms with Crippen LogP contribution in [-0.4, -0.2) is 4.98 Å². The molecule has 0 saturated heterocycles. The lowest BCUT2D eigenvalue weighted by Crippen LogP contribution is -2.18. The first-order chi connectivity index (χ1) is 11.6. The van der Waals surface area contributed by atoms with Gasteiger partial charge in [-0.3, -0.25) is 0 Å². The first-order valence-electron chi connectivity index (χ1n) is 8.22. The quantitative estimate of drug-likeness (QED) is 0.796. The van der Waals surface area contributed by atoms with Gasteiger partial charge in [0.1, 0.15) is 17.5 Å². The lowest BCUT2D eigenvalue weighted by molar-refractivity contribution is 0.419. The van der Waals surface area contributed by atoms with Crippen LogP contribution in [0.2, 0.25) is 10.0 Å². The molecule has 1 aromatic heterocycles. The van der Waals surface area contributed by atoms with Gasteiger partial charge >= 0.3 is 0 Å². The van der Waals surface area contributed by atoms with E-state index in [-0.39, 0.29) is 5.82 Å². The van der Waals surface area contributed by atoms with Crippen LogP contribution >= 0.6 is 23.2 Å². The van der Waals surface area contributed by atoms with Gasteiger partial charge in [-0.05, 0) is 42.9 Å². The summed E-state index contributed by atoms with van der Waals surface area (Å²) in [7, 11) is 0. The topological polar surface area (TPSA) is 62.7 Å². The largest absolute Gasteiger partial charge is 0.383 e. The lowest BCUT2D eigenvalue weighted by atomic mass is 9.79. The fraction of sp³-hybridized carbons (Fsp3) is 0.368. The number of nitriles is 1. The van der Waals surface area contributed by atoms with E-state index in [0.29, 0.717) is 27.1 Å². The Morgan fingerprint density at radius 3 is 2.62 bits per heavy atom. The Balaban J connectivity index is 2.28. The summed E-state index contributed by atoms with van der Waals surface area (Å²) in [5.41, 5.74) is 9.97. The molecule has 0 saturated carbocycles. The van der Waals surface area contributed by atoms with Crippen LogP contribution in [-0.2, 0) is 12.8 Å². The van der Waals surface area contributed by atoms with Gasteiger partial charge in [0.2, 0.25) is 0 Å². The van der Waals surface area contributed by atoms with E-state index in [1.54, 1.807) is 18.2 Å². The highest BCUT2D eigenvalue weighted by atomic mass is 35.5. The van der Waals surface area contributed by atoms with Gasteiger partial charge in [-0.25, -0.2) is 4.98 Å². The Hall–Kier alpha value is -1.76. The molecule has 0 fully saturated rings. The van der Waals surface area contributed by atoms with Gasteiger partial charge in [-0.15, -0.1) is 0 Å². The van der Waals surface area contributed by atoms with Gasteiger partial charge in [-0.1, -0.05) is 49.0 Å². The minimum atomic E-state index is 0.260. The molecule has 1 heterocycles. The number of aryl methyl sites for hydroxylation is 1. The SMILES string of the molecule is CCCC1CCc2nc(N)c(C#N)c(-c3c(Cl)cccc3Cl)c2C1. The third-order valence-corrected chi connectivity index (χ3v) is 5.35. The summed E-state index contributed by atoms with van der Waals surface area (Å²) < 4.78 is 0. The molecule has 1 unspecified atom stereocenters. The summed E-state index contributed by atoms with van der Waals surface area (Å²) >= 11 is 12.9. The average molecular weight is 360 g/mol. The van der Waals surface area contributed by atoms with E-state index in [1.807, 2.05) is 0 Å². The van der Waals surface area contributed by atoms with Crippen molar-refractivity contribution in [2.24, 2.45) is 5.92 Å². The number of nitrogens with two attached hydrogens (primary N) is 1. The van der Waals surface area contributed by atoms with Gasteiger partial charge in [0.05, 0.1) is 0 Å². The van der Waals surface area contributed by atoms with Gasteiger partial charge in [0.15, 0.2) is 0 Å². The maximum absolute atomic E-state index is 9.66. The molecule has 0 radical (unpaired) electrons. The Morgan fingerprint density at radius 1 is 1.29 bits per heavy atom. The number of pyridine rings is 1. The lowest BCUT2D eigenvalue weighted by Gasteiger charge is -2.27. The van der Waals surface area contributed by atoms with Gasteiger partial charge in [0, 0.05) is 26.9 Å². The molecule has 3 rings (SSSR count). The number of aromatic nitrogens is 1. The number of halogens is 2. The predicted octanol–water partition coefficient (Wildman–Crippen LogP) is 5.41. The van der Waals surface area contributed by atoms with Crippen molar-refractivity contribution in [1.82, 2.24) is 4.98 Å². The Bertz CT molecular complexity index is 804. The zero-order valence-corrected chi connectivity index (χ0v) is 15.1. The number of hydrogen-bond acceptors (Lipinski definition) is 3. The molecule has 2 N–H and O–H groups in total. The first-order valence-corrected chi connectivity index (χ1v) is 8.98. The average Bonchev–Trinajstić information content (AvgIpc) is 2.55. The van der Waals surface area contributed by atoms with Crippen LogP contribution < -0.4 is 5.73 Å². The highest BCUT2D eigenvalue weighted by Crippen LogP contribution is 2.43. The number of fused-ring (bicyclic) bond motifs is 1. The number of rotatable bonds is 3. The van der Waals surface area contributed by atoms with E-state index < -0.39 is 0 Å². The molecular formula is C19H19Cl2N3. The van der Waals surface area contributed by atoms with Crippen LogP contribution in [0.15, 0.2) is 18.2 Å². The van der Waals surface area contributed by atoms with Gasteiger partial charge in [0.25, 0.3) is 0 Å². The fourth-order valence-corrected chi connectivity index (χ4v) is 4.22. The molecule has 24 heavy (non-hydrogen) atoms. The summed E-state index contributed by atoms with van der Waals surface area (Å²) in [5.74, 6) is 0.857. The third kappa shape index (κ3) is 2.97. The normalized spacial score (nSPS) is 16.5. The molecule has 1 aliphatic rings. The van der Waals surface area contributed by atoms with E-state index in [0.717, 1.165) is 42.5 Å². The zero-order valence-electron chi connectivity index (χ0n) is 13.6. The summed E-state index contributed by atoms with van der Waals surface area (Å²) in [6, 6.07) is 7.59. The second kappa shape index (κ2) is 7.01. The molecule has 0 spiro atoms. The van der Waals surface area contributed by atoms with Crippen molar-refractivity contribution in [3.8, 4) is 17.2 Å². The minimum Gasteiger partial charge on any atom is -0.383 e. The van der Waals surface area contributed by atoms with E-state index in [2.05, 4.69) is 18.0 Å². The maximum Gasteiger partial charge on any atom is 0.142 e. The Labute approximate surface area is 152 Å². The van der Waals surface area contributed by atoms with E-state index in [1.165, 1.54) is 6.42 Å². The van der Waals surface area contributed by atoms with E-state index in [9.17, 15) is 5.26 Å². The monoisotopic (exact) mass is 359 g/mol. The predicted molar refractivity (Wildman–Crippen MR) is 99.2 cm³/mol. The van der Waals surface area contributed by atoms with E-state index in [4.69, 9.17) is 28.9 Å². The molecule has 124 valence electrons. The molecule has 0 aliphatic heterocycles. The summed E-state index contributed by atoms with van der Waals surface area (Å²) in [6.07, 6.45) is 5.19. The van der Waals surface area contributed by atoms with Gasteiger partial charge in [-0.2, -0.15) is 5.26 Å². The minimum absolute atomic E-state index is 0.260. The number of hydrogen-bond donors (Lipinski definition) is 1. The maximum atomic E-state index is 9.66.